The molecule has 0 saturated carbocycles. The van der Waals surface area contributed by atoms with Crippen LogP contribution in [0.5, 0.6) is 0 Å². The van der Waals surface area contributed by atoms with Crippen LogP contribution < -0.4 is 42.4 Å². The molecule has 126 valence electrons. The third-order valence-electron chi connectivity index (χ3n) is 4.17. The molecule has 0 aliphatic heterocycles. The first-order valence-corrected chi connectivity index (χ1v) is 10.6. The summed E-state index contributed by atoms with van der Waals surface area (Å²) in [6.45, 7) is 13.9. The van der Waals surface area contributed by atoms with Gasteiger partial charge in [-0.15, -0.1) is 0 Å². The van der Waals surface area contributed by atoms with Gasteiger partial charge in [0.2, 0.25) is 0 Å². The Labute approximate surface area is 176 Å². The van der Waals surface area contributed by atoms with E-state index in [0.717, 1.165) is 6.42 Å². The quantitative estimate of drug-likeness (QED) is 0.345. The van der Waals surface area contributed by atoms with Gasteiger partial charge < -0.3 is 37.2 Å². The normalized spacial score (nSPS) is 9.83. The average molecular weight is 424 g/mol. The van der Waals surface area contributed by atoms with Crippen LogP contribution in [0.25, 0.3) is 0 Å². The number of hydrogen-bond donors (Lipinski definition) is 0. The molecule has 0 amide bonds. The van der Waals surface area contributed by atoms with Crippen molar-refractivity contribution in [3.8, 4) is 0 Å². The van der Waals surface area contributed by atoms with Gasteiger partial charge in [-0.25, -0.2) is 11.3 Å². The Balaban J connectivity index is -0.000001000. The van der Waals surface area contributed by atoms with Crippen molar-refractivity contribution < 1.29 is 58.9 Å². The van der Waals surface area contributed by atoms with Crippen molar-refractivity contribution in [3.63, 3.8) is 0 Å². The summed E-state index contributed by atoms with van der Waals surface area (Å²) in [4.78, 5) is 0. The molecular weight excluding hydrogens is 399 g/mol. The van der Waals surface area contributed by atoms with Gasteiger partial charge in [-0.3, -0.25) is 0 Å². The second kappa shape index (κ2) is 11.1. The van der Waals surface area contributed by atoms with Crippen LogP contribution in [0.15, 0.2) is 30.3 Å². The topological polar surface area (TPSA) is 0 Å². The van der Waals surface area contributed by atoms with E-state index >= 15 is 0 Å². The van der Waals surface area contributed by atoms with E-state index in [9.17, 15) is 0 Å². The second-order valence-corrected chi connectivity index (χ2v) is 11.8. The van der Waals surface area contributed by atoms with E-state index in [2.05, 4.69) is 70.7 Å². The Morgan fingerprint density at radius 2 is 1.39 bits per heavy atom. The number of hydrogen-bond acceptors (Lipinski definition) is 0. The number of aryl methyl sites for hydroxylation is 2. The zero-order valence-electron chi connectivity index (χ0n) is 14.7. The van der Waals surface area contributed by atoms with E-state index in [4.69, 9.17) is 0 Å². The van der Waals surface area contributed by atoms with E-state index in [1.165, 1.54) is 27.8 Å². The summed E-state index contributed by atoms with van der Waals surface area (Å²) in [6, 6.07) is 11.6. The Bertz CT molecular complexity index is 601. The van der Waals surface area contributed by atoms with Gasteiger partial charge in [0, 0.05) is 8.07 Å². The van der Waals surface area contributed by atoms with Crippen molar-refractivity contribution in [3.05, 3.63) is 58.1 Å². The zero-order valence-corrected chi connectivity index (χ0v) is 19.6. The molecule has 0 atom stereocenters. The van der Waals surface area contributed by atoms with Gasteiger partial charge in [-0.1, -0.05) is 31.8 Å². The molecule has 0 bridgehead atoms. The van der Waals surface area contributed by atoms with Crippen LogP contribution in [0, 0.1) is 20.8 Å². The van der Waals surface area contributed by atoms with Crippen LogP contribution in [0.2, 0.25) is 19.6 Å². The fraction of sp³-hybridized carbons (Fsp3) is 0.389. The largest absolute Gasteiger partial charge is 4.00 e. The van der Waals surface area contributed by atoms with Gasteiger partial charge in [0.05, 0.1) is 0 Å². The van der Waals surface area contributed by atoms with Crippen LogP contribution in [0.1, 0.15) is 27.8 Å². The molecule has 23 heavy (non-hydrogen) atoms. The maximum atomic E-state index is 2.42. The maximum absolute atomic E-state index is 2.42. The maximum Gasteiger partial charge on any atom is 4.00 e. The van der Waals surface area contributed by atoms with Crippen molar-refractivity contribution in [1.82, 2.24) is 0 Å². The molecule has 0 spiro atoms. The van der Waals surface area contributed by atoms with Crippen molar-refractivity contribution >= 4 is 13.3 Å². The molecule has 0 nitrogen and oxygen atoms in total. The minimum absolute atomic E-state index is 0. The molecule has 2 aromatic carbocycles. The van der Waals surface area contributed by atoms with Gasteiger partial charge >= 0.3 is 21.7 Å². The number of halogens is 3. The predicted molar refractivity (Wildman–Crippen MR) is 88.5 cm³/mol. The van der Waals surface area contributed by atoms with Crippen molar-refractivity contribution in [2.24, 2.45) is 0 Å². The van der Waals surface area contributed by atoms with Crippen LogP contribution >= 0.6 is 0 Å². The average Bonchev–Trinajstić information content (AvgIpc) is 2.78. The Morgan fingerprint density at radius 3 is 1.87 bits per heavy atom. The fourth-order valence-corrected chi connectivity index (χ4v) is 3.76. The summed E-state index contributed by atoms with van der Waals surface area (Å²) in [6.07, 6.45) is 1.07. The molecule has 0 aliphatic rings. The van der Waals surface area contributed by atoms with Gasteiger partial charge in [-0.05, 0) is 49.4 Å². The molecule has 0 aliphatic carbocycles. The van der Waals surface area contributed by atoms with E-state index in [1.54, 1.807) is 5.19 Å². The van der Waals surface area contributed by atoms with E-state index < -0.39 is 8.07 Å². The van der Waals surface area contributed by atoms with Gasteiger partial charge in [0.1, 0.15) is 0 Å². The summed E-state index contributed by atoms with van der Waals surface area (Å²) in [5, 5.41) is 1.57. The molecule has 0 unspecified atom stereocenters. The molecule has 0 aromatic heterocycles. The predicted octanol–water partition coefficient (Wildman–Crippen LogP) is -4.52. The monoisotopic (exact) mass is 422 g/mol. The van der Waals surface area contributed by atoms with Crippen molar-refractivity contribution in [2.75, 3.05) is 0 Å². The Hall–Kier alpha value is 0.371. The standard InChI is InChI=1S/C18H25Si.3ClH.Ti/c1-13-7-8-14(2)18(15(13)3)12-16-9-10-17(11-16)19(4,5)6;;;;/h7-11H,12H2,1-6H3;3*1H;/q-1;;;;+4/p-3. The second-order valence-electron chi connectivity index (χ2n) is 6.74. The van der Waals surface area contributed by atoms with Gasteiger partial charge in [-0.2, -0.15) is 17.7 Å². The zero-order chi connectivity index (χ0) is 14.2. The molecular formula is C18H25Cl3SiTi. The molecule has 0 saturated heterocycles. The third kappa shape index (κ3) is 7.02. The first-order chi connectivity index (χ1) is 8.79. The summed E-state index contributed by atoms with van der Waals surface area (Å²) in [5.41, 5.74) is 7.24. The van der Waals surface area contributed by atoms with Crippen LogP contribution in [-0.2, 0) is 28.1 Å². The Morgan fingerprint density at radius 1 is 0.870 bits per heavy atom. The fourth-order valence-electron chi connectivity index (χ4n) is 2.55. The summed E-state index contributed by atoms with van der Waals surface area (Å²) in [5.74, 6) is 0. The van der Waals surface area contributed by atoms with E-state index in [0.29, 0.717) is 0 Å². The molecule has 5 heteroatoms. The van der Waals surface area contributed by atoms with Crippen LogP contribution in [0.4, 0.5) is 0 Å². The third-order valence-corrected chi connectivity index (χ3v) is 6.21. The molecule has 2 aromatic rings. The van der Waals surface area contributed by atoms with E-state index in [1.807, 2.05) is 0 Å². The summed E-state index contributed by atoms with van der Waals surface area (Å²) >= 11 is 0. The number of rotatable bonds is 3. The Kier molecular flexibility index (Phi) is 13.6. The molecule has 0 heterocycles. The molecule has 0 N–H and O–H groups in total. The van der Waals surface area contributed by atoms with Crippen LogP contribution in [-0.4, -0.2) is 8.07 Å². The first-order valence-electron chi connectivity index (χ1n) is 7.11. The van der Waals surface area contributed by atoms with Gasteiger partial charge in [0.15, 0.2) is 0 Å². The van der Waals surface area contributed by atoms with Gasteiger partial charge in [0.25, 0.3) is 0 Å². The molecule has 2 rings (SSSR count). The van der Waals surface area contributed by atoms with Crippen LogP contribution in [0.3, 0.4) is 0 Å². The summed E-state index contributed by atoms with van der Waals surface area (Å²) < 4.78 is 0. The SMILES string of the molecule is Cc1ccc(C)c(C[c-]2ccc([Si](C)(C)C)c2)c1C.[Cl-].[Cl-].[Cl-].[Ti+4]. The minimum atomic E-state index is -1.17. The number of benzene rings is 1. The molecule has 0 fully saturated rings. The minimum Gasteiger partial charge on any atom is -1.00 e. The molecule has 0 radical (unpaired) electrons. The summed E-state index contributed by atoms with van der Waals surface area (Å²) in [7, 11) is -1.17. The first kappa shape index (κ1) is 28.2. The van der Waals surface area contributed by atoms with Crippen molar-refractivity contribution in [2.45, 2.75) is 46.8 Å². The smallest absolute Gasteiger partial charge is 1.00 e. The van der Waals surface area contributed by atoms with Crippen molar-refractivity contribution in [1.29, 1.82) is 0 Å². The van der Waals surface area contributed by atoms with E-state index in [-0.39, 0.29) is 58.9 Å².